The van der Waals surface area contributed by atoms with E-state index in [1.54, 1.807) is 23.8 Å². The van der Waals surface area contributed by atoms with Gasteiger partial charge in [-0.05, 0) is 71.3 Å². The Morgan fingerprint density at radius 2 is 1.49 bits per heavy atom. The van der Waals surface area contributed by atoms with Gasteiger partial charge in [-0.3, -0.25) is 19.3 Å². The summed E-state index contributed by atoms with van der Waals surface area (Å²) in [6.45, 7) is 15.2. The van der Waals surface area contributed by atoms with E-state index in [-0.39, 0.29) is 47.7 Å². The summed E-state index contributed by atoms with van der Waals surface area (Å²) < 4.78 is 4.94. The third-order valence-electron chi connectivity index (χ3n) is 8.21. The van der Waals surface area contributed by atoms with Gasteiger partial charge >= 0.3 is 5.97 Å². The topological polar surface area (TPSA) is 99.3 Å². The van der Waals surface area contributed by atoms with Crippen molar-refractivity contribution >= 4 is 23.7 Å². The lowest BCUT2D eigenvalue weighted by atomic mass is 9.95. The van der Waals surface area contributed by atoms with Gasteiger partial charge in [0.15, 0.2) is 0 Å². The number of nitrogens with zero attached hydrogens (tertiary/aromatic N) is 3. The van der Waals surface area contributed by atoms with Crippen molar-refractivity contribution in [1.29, 1.82) is 0 Å². The van der Waals surface area contributed by atoms with E-state index in [1.165, 1.54) is 7.11 Å². The standard InChI is InChI=1S/C30H52N4O5/c1-19(2)25(18-22(7)28(36)34-17-13-11-15-24(34)30(38)39-9)32(8)29(37)26(20(3)4)31-27(35)23-14-10-12-16-33(23)21(5)6/h18-21,23-26H,10-17H2,1-9H3,(H,31,35)/b22-18+/t23?,24?,25-,26?/m1/s1. The van der Waals surface area contributed by atoms with Crippen molar-refractivity contribution in [3.63, 3.8) is 0 Å². The number of carbonyl (C=O) groups excluding carboxylic acids is 4. The number of carbonyl (C=O) groups is 4. The Balaban J connectivity index is 2.23. The highest BCUT2D eigenvalue weighted by Gasteiger charge is 2.37. The van der Waals surface area contributed by atoms with Gasteiger partial charge in [0.2, 0.25) is 17.7 Å². The fraction of sp³-hybridized carbons (Fsp3) is 0.800. The molecule has 2 saturated heterocycles. The summed E-state index contributed by atoms with van der Waals surface area (Å²) in [5.74, 6) is -0.951. The van der Waals surface area contributed by atoms with Gasteiger partial charge in [-0.2, -0.15) is 0 Å². The zero-order chi connectivity index (χ0) is 29.4. The fourth-order valence-corrected chi connectivity index (χ4v) is 5.84. The van der Waals surface area contributed by atoms with Crippen LogP contribution < -0.4 is 5.32 Å². The van der Waals surface area contributed by atoms with Gasteiger partial charge in [0.25, 0.3) is 0 Å². The molecule has 39 heavy (non-hydrogen) atoms. The van der Waals surface area contributed by atoms with Crippen LogP contribution in [0.1, 0.15) is 87.0 Å². The van der Waals surface area contributed by atoms with Crippen molar-refractivity contribution in [2.45, 2.75) is 117 Å². The highest BCUT2D eigenvalue weighted by atomic mass is 16.5. The minimum absolute atomic E-state index is 0.0257. The van der Waals surface area contributed by atoms with Crippen LogP contribution in [-0.2, 0) is 23.9 Å². The van der Waals surface area contributed by atoms with Gasteiger partial charge in [0.1, 0.15) is 12.1 Å². The predicted octanol–water partition coefficient (Wildman–Crippen LogP) is 3.37. The number of esters is 1. The van der Waals surface area contributed by atoms with Crippen LogP contribution >= 0.6 is 0 Å². The summed E-state index contributed by atoms with van der Waals surface area (Å²) in [6.07, 6.45) is 7.00. The Morgan fingerprint density at radius 1 is 0.897 bits per heavy atom. The van der Waals surface area contributed by atoms with Crippen molar-refractivity contribution in [3.8, 4) is 0 Å². The molecule has 2 heterocycles. The molecule has 0 aromatic rings. The van der Waals surface area contributed by atoms with Crippen molar-refractivity contribution in [1.82, 2.24) is 20.0 Å². The molecule has 0 saturated carbocycles. The maximum Gasteiger partial charge on any atom is 0.328 e. The molecule has 2 rings (SSSR count). The van der Waals surface area contributed by atoms with Gasteiger partial charge in [-0.1, -0.05) is 40.2 Å². The average Bonchev–Trinajstić information content (AvgIpc) is 2.92. The van der Waals surface area contributed by atoms with E-state index in [1.807, 2.05) is 33.8 Å². The molecule has 9 nitrogen and oxygen atoms in total. The average molecular weight is 549 g/mol. The number of methoxy groups -OCH3 is 1. The summed E-state index contributed by atoms with van der Waals surface area (Å²) in [4.78, 5) is 58.4. The number of hydrogen-bond donors (Lipinski definition) is 1. The van der Waals surface area contributed by atoms with Crippen molar-refractivity contribution in [2.24, 2.45) is 11.8 Å². The first-order chi connectivity index (χ1) is 18.3. The normalized spacial score (nSPS) is 22.6. The van der Waals surface area contributed by atoms with Crippen LogP contribution in [0.5, 0.6) is 0 Å². The molecule has 2 fully saturated rings. The summed E-state index contributed by atoms with van der Waals surface area (Å²) >= 11 is 0. The molecule has 0 radical (unpaired) electrons. The lowest BCUT2D eigenvalue weighted by Gasteiger charge is -2.39. The first-order valence-corrected chi connectivity index (χ1v) is 14.7. The van der Waals surface area contributed by atoms with Gasteiger partial charge in [0, 0.05) is 25.2 Å². The first kappa shape index (κ1) is 32.8. The van der Waals surface area contributed by atoms with Crippen molar-refractivity contribution in [3.05, 3.63) is 11.6 Å². The highest BCUT2D eigenvalue weighted by molar-refractivity contribution is 5.96. The SMILES string of the molecule is COC(=O)C1CCCCN1C(=O)/C(C)=C/[C@H](C(C)C)N(C)C(=O)C(NC(=O)C1CCCCN1C(C)C)C(C)C. The summed E-state index contributed by atoms with van der Waals surface area (Å²) in [5.41, 5.74) is 0.490. The molecule has 0 aromatic carbocycles. The first-order valence-electron chi connectivity index (χ1n) is 14.7. The summed E-state index contributed by atoms with van der Waals surface area (Å²) in [6, 6.07) is -1.59. The van der Waals surface area contributed by atoms with Crippen LogP contribution in [0.15, 0.2) is 11.6 Å². The third-order valence-corrected chi connectivity index (χ3v) is 8.21. The van der Waals surface area contributed by atoms with E-state index in [0.29, 0.717) is 18.5 Å². The van der Waals surface area contributed by atoms with E-state index in [9.17, 15) is 19.2 Å². The van der Waals surface area contributed by atoms with E-state index < -0.39 is 18.1 Å². The van der Waals surface area contributed by atoms with E-state index in [0.717, 1.165) is 38.6 Å². The van der Waals surface area contributed by atoms with Crippen molar-refractivity contribution < 1.29 is 23.9 Å². The minimum atomic E-state index is -0.671. The summed E-state index contributed by atoms with van der Waals surface area (Å²) in [5, 5.41) is 3.08. The summed E-state index contributed by atoms with van der Waals surface area (Å²) in [7, 11) is 3.08. The van der Waals surface area contributed by atoms with Gasteiger partial charge in [-0.25, -0.2) is 4.79 Å². The number of nitrogens with one attached hydrogen (secondary N) is 1. The maximum atomic E-state index is 13.8. The van der Waals surface area contributed by atoms with E-state index in [2.05, 4.69) is 24.1 Å². The molecule has 9 heteroatoms. The number of likely N-dealkylation sites (tertiary alicyclic amines) is 2. The number of piperidine rings is 2. The highest BCUT2D eigenvalue weighted by Crippen LogP contribution is 2.23. The predicted molar refractivity (Wildman–Crippen MR) is 153 cm³/mol. The molecule has 3 amide bonds. The van der Waals surface area contributed by atoms with E-state index in [4.69, 9.17) is 4.74 Å². The number of likely N-dealkylation sites (N-methyl/N-ethyl adjacent to an activating group) is 1. The second-order valence-electron chi connectivity index (χ2n) is 12.1. The number of amides is 3. The number of hydrogen-bond acceptors (Lipinski definition) is 6. The Bertz CT molecular complexity index is 900. The van der Waals surface area contributed by atoms with Gasteiger partial charge in [0.05, 0.1) is 19.2 Å². The second-order valence-corrected chi connectivity index (χ2v) is 12.1. The zero-order valence-corrected chi connectivity index (χ0v) is 25.7. The van der Waals surface area contributed by atoms with Crippen LogP contribution in [0.2, 0.25) is 0 Å². The Morgan fingerprint density at radius 3 is 2.03 bits per heavy atom. The van der Waals surface area contributed by atoms with Crippen LogP contribution in [-0.4, -0.2) is 95.8 Å². The molecule has 0 aliphatic carbocycles. The molecule has 0 aromatic heterocycles. The second kappa shape index (κ2) is 14.8. The maximum absolute atomic E-state index is 13.8. The Kier molecular flexibility index (Phi) is 12.5. The third kappa shape index (κ3) is 8.29. The fourth-order valence-electron chi connectivity index (χ4n) is 5.84. The Hall–Kier alpha value is -2.42. The molecule has 0 bridgehead atoms. The molecular weight excluding hydrogens is 496 g/mol. The van der Waals surface area contributed by atoms with Crippen LogP contribution in [0.4, 0.5) is 0 Å². The number of rotatable bonds is 10. The lowest BCUT2D eigenvalue weighted by Crippen LogP contribution is -2.58. The largest absolute Gasteiger partial charge is 0.467 e. The van der Waals surface area contributed by atoms with Gasteiger partial charge in [-0.15, -0.1) is 0 Å². The smallest absolute Gasteiger partial charge is 0.328 e. The molecular formula is C30H52N4O5. The van der Waals surface area contributed by atoms with Crippen LogP contribution in [0.3, 0.4) is 0 Å². The zero-order valence-electron chi connectivity index (χ0n) is 25.7. The van der Waals surface area contributed by atoms with Gasteiger partial charge < -0.3 is 19.9 Å². The quantitative estimate of drug-likeness (QED) is 0.332. The Labute approximate surface area is 235 Å². The molecule has 1 N–H and O–H groups in total. The lowest BCUT2D eigenvalue weighted by molar-refractivity contribution is -0.153. The molecule has 2 aliphatic heterocycles. The minimum Gasteiger partial charge on any atom is -0.467 e. The molecule has 3 unspecified atom stereocenters. The number of ether oxygens (including phenoxy) is 1. The molecule has 222 valence electrons. The molecule has 4 atom stereocenters. The molecule has 0 spiro atoms. The van der Waals surface area contributed by atoms with Crippen LogP contribution in [0, 0.1) is 11.8 Å². The van der Waals surface area contributed by atoms with E-state index >= 15 is 0 Å². The monoisotopic (exact) mass is 548 g/mol. The van der Waals surface area contributed by atoms with Crippen LogP contribution in [0.25, 0.3) is 0 Å². The van der Waals surface area contributed by atoms with Crippen molar-refractivity contribution in [2.75, 3.05) is 27.2 Å². The molecule has 2 aliphatic rings.